The summed E-state index contributed by atoms with van der Waals surface area (Å²) in [5.74, 6) is 0.772. The van der Waals surface area contributed by atoms with Crippen LogP contribution in [-0.4, -0.2) is 18.2 Å². The van der Waals surface area contributed by atoms with E-state index in [4.69, 9.17) is 4.74 Å². The average Bonchev–Trinajstić information content (AvgIpc) is 2.46. The van der Waals surface area contributed by atoms with E-state index in [1.165, 1.54) is 7.11 Å². The van der Waals surface area contributed by atoms with Crippen LogP contribution < -0.4 is 0 Å². The molecule has 0 bridgehead atoms. The first-order valence-electron chi connectivity index (χ1n) is 6.24. The van der Waals surface area contributed by atoms with E-state index >= 15 is 0 Å². The van der Waals surface area contributed by atoms with Crippen molar-refractivity contribution in [1.82, 2.24) is 0 Å². The van der Waals surface area contributed by atoms with Crippen LogP contribution in [-0.2, 0) is 21.7 Å². The van der Waals surface area contributed by atoms with Crippen LogP contribution in [0.1, 0.15) is 11.1 Å². The van der Waals surface area contributed by atoms with Gasteiger partial charge in [0.25, 0.3) is 0 Å². The normalized spacial score (nSPS) is 10.2. The third-order valence-corrected chi connectivity index (χ3v) is 3.94. The summed E-state index contributed by atoms with van der Waals surface area (Å²) in [6, 6.07) is 15.0. The zero-order valence-corrected chi connectivity index (χ0v) is 12.0. The molecule has 4 heteroatoms. The Bertz CT molecular complexity index is 596. The number of aromatic hydroxyl groups is 1. The van der Waals surface area contributed by atoms with Crippen molar-refractivity contribution in [1.29, 1.82) is 0 Å². The summed E-state index contributed by atoms with van der Waals surface area (Å²) < 4.78 is 4.71. The predicted molar refractivity (Wildman–Crippen MR) is 79.8 cm³/mol. The zero-order valence-electron chi connectivity index (χ0n) is 11.2. The first kappa shape index (κ1) is 14.5. The molecular weight excluding hydrogens is 272 g/mol. The molecule has 0 atom stereocenters. The first-order valence-corrected chi connectivity index (χ1v) is 7.23. The topological polar surface area (TPSA) is 46.5 Å². The molecule has 0 fully saturated rings. The highest BCUT2D eigenvalue weighted by Crippen LogP contribution is 2.27. The summed E-state index contributed by atoms with van der Waals surface area (Å²) in [5.41, 5.74) is 2.08. The van der Waals surface area contributed by atoms with Crippen molar-refractivity contribution in [2.24, 2.45) is 0 Å². The Hall–Kier alpha value is -1.94. The summed E-state index contributed by atoms with van der Waals surface area (Å²) in [5, 5.41) is 9.44. The zero-order chi connectivity index (χ0) is 14.4. The van der Waals surface area contributed by atoms with E-state index in [0.717, 1.165) is 21.8 Å². The quantitative estimate of drug-likeness (QED) is 0.676. The van der Waals surface area contributed by atoms with Gasteiger partial charge in [-0.2, -0.15) is 0 Å². The Kier molecular flexibility index (Phi) is 5.07. The highest BCUT2D eigenvalue weighted by Gasteiger charge is 2.08. The summed E-state index contributed by atoms with van der Waals surface area (Å²) >= 11 is 1.62. The van der Waals surface area contributed by atoms with E-state index in [2.05, 4.69) is 0 Å². The van der Waals surface area contributed by atoms with Gasteiger partial charge in [0.2, 0.25) is 0 Å². The SMILES string of the molecule is COC(=O)Cc1ccccc1CSc1cccc(O)c1. The molecular formula is C16H16O3S. The standard InChI is InChI=1S/C16H16O3S/c1-19-16(18)9-12-5-2-3-6-13(12)11-20-15-8-4-7-14(17)10-15/h2-8,10,17H,9,11H2,1H3. The van der Waals surface area contributed by atoms with Gasteiger partial charge in [0.15, 0.2) is 0 Å². The molecule has 3 nitrogen and oxygen atoms in total. The fraction of sp³-hybridized carbons (Fsp3) is 0.188. The van der Waals surface area contributed by atoms with E-state index in [1.54, 1.807) is 23.9 Å². The maximum atomic E-state index is 11.4. The molecule has 0 radical (unpaired) electrons. The van der Waals surface area contributed by atoms with Gasteiger partial charge in [-0.3, -0.25) is 4.79 Å². The van der Waals surface area contributed by atoms with Crippen molar-refractivity contribution in [2.75, 3.05) is 7.11 Å². The van der Waals surface area contributed by atoms with E-state index < -0.39 is 0 Å². The van der Waals surface area contributed by atoms with Crippen LogP contribution in [0.2, 0.25) is 0 Å². The van der Waals surface area contributed by atoms with Crippen molar-refractivity contribution in [2.45, 2.75) is 17.1 Å². The molecule has 1 N–H and O–H groups in total. The number of thioether (sulfide) groups is 1. The molecule has 20 heavy (non-hydrogen) atoms. The largest absolute Gasteiger partial charge is 0.508 e. The molecule has 104 valence electrons. The molecule has 0 amide bonds. The number of hydrogen-bond donors (Lipinski definition) is 1. The average molecular weight is 288 g/mol. The van der Waals surface area contributed by atoms with Crippen molar-refractivity contribution < 1.29 is 14.6 Å². The molecule has 0 aliphatic carbocycles. The summed E-state index contributed by atoms with van der Waals surface area (Å²) in [7, 11) is 1.40. The molecule has 2 aromatic carbocycles. The Morgan fingerprint density at radius 2 is 1.90 bits per heavy atom. The minimum Gasteiger partial charge on any atom is -0.508 e. The van der Waals surface area contributed by atoms with Crippen LogP contribution in [0.3, 0.4) is 0 Å². The van der Waals surface area contributed by atoms with Crippen LogP contribution in [0, 0.1) is 0 Å². The van der Waals surface area contributed by atoms with Crippen molar-refractivity contribution in [3.63, 3.8) is 0 Å². The Morgan fingerprint density at radius 3 is 2.60 bits per heavy atom. The van der Waals surface area contributed by atoms with Gasteiger partial charge < -0.3 is 9.84 Å². The highest BCUT2D eigenvalue weighted by atomic mass is 32.2. The maximum Gasteiger partial charge on any atom is 0.309 e. The number of esters is 1. The minimum atomic E-state index is -0.236. The molecule has 2 aromatic rings. The molecule has 0 aromatic heterocycles. The lowest BCUT2D eigenvalue weighted by Crippen LogP contribution is -2.06. The minimum absolute atomic E-state index is 0.236. The van der Waals surface area contributed by atoms with E-state index in [0.29, 0.717) is 0 Å². The molecule has 0 spiro atoms. The third-order valence-electron chi connectivity index (χ3n) is 2.89. The van der Waals surface area contributed by atoms with E-state index in [1.807, 2.05) is 36.4 Å². The molecule has 0 saturated heterocycles. The smallest absolute Gasteiger partial charge is 0.309 e. The van der Waals surface area contributed by atoms with Crippen LogP contribution in [0.15, 0.2) is 53.4 Å². The van der Waals surface area contributed by atoms with Crippen LogP contribution in [0.25, 0.3) is 0 Å². The van der Waals surface area contributed by atoms with Gasteiger partial charge in [0.1, 0.15) is 5.75 Å². The third kappa shape index (κ3) is 4.03. The lowest BCUT2D eigenvalue weighted by molar-refractivity contribution is -0.139. The molecule has 0 aliphatic heterocycles. The number of phenolic OH excluding ortho intramolecular Hbond substituents is 1. The van der Waals surface area contributed by atoms with Crippen LogP contribution in [0.5, 0.6) is 5.75 Å². The fourth-order valence-corrected chi connectivity index (χ4v) is 2.82. The molecule has 0 heterocycles. The second-order valence-electron chi connectivity index (χ2n) is 4.31. The summed E-state index contributed by atoms with van der Waals surface area (Å²) in [4.78, 5) is 12.4. The number of phenols is 1. The second-order valence-corrected chi connectivity index (χ2v) is 5.36. The molecule has 0 saturated carbocycles. The van der Waals surface area contributed by atoms with Gasteiger partial charge in [-0.05, 0) is 29.3 Å². The van der Waals surface area contributed by atoms with Crippen molar-refractivity contribution in [3.05, 3.63) is 59.7 Å². The summed E-state index contributed by atoms with van der Waals surface area (Å²) in [6.07, 6.45) is 0.285. The lowest BCUT2D eigenvalue weighted by atomic mass is 10.1. The number of rotatable bonds is 5. The van der Waals surface area contributed by atoms with Gasteiger partial charge in [-0.15, -0.1) is 11.8 Å². The Labute approximate surface area is 122 Å². The van der Waals surface area contributed by atoms with E-state index in [-0.39, 0.29) is 18.1 Å². The van der Waals surface area contributed by atoms with Gasteiger partial charge in [-0.1, -0.05) is 30.3 Å². The van der Waals surface area contributed by atoms with Crippen LogP contribution >= 0.6 is 11.8 Å². The number of carbonyl (C=O) groups is 1. The number of hydrogen-bond acceptors (Lipinski definition) is 4. The monoisotopic (exact) mass is 288 g/mol. The molecule has 0 aliphatic rings. The fourth-order valence-electron chi connectivity index (χ4n) is 1.83. The second kappa shape index (κ2) is 7.01. The maximum absolute atomic E-state index is 11.4. The summed E-state index contributed by atoms with van der Waals surface area (Å²) in [6.45, 7) is 0. The molecule has 2 rings (SSSR count). The van der Waals surface area contributed by atoms with Crippen molar-refractivity contribution >= 4 is 17.7 Å². The van der Waals surface area contributed by atoms with Crippen molar-refractivity contribution in [3.8, 4) is 5.75 Å². The lowest BCUT2D eigenvalue weighted by Gasteiger charge is -2.08. The highest BCUT2D eigenvalue weighted by molar-refractivity contribution is 7.98. The van der Waals surface area contributed by atoms with Gasteiger partial charge in [0.05, 0.1) is 13.5 Å². The number of ether oxygens (including phenoxy) is 1. The Balaban J connectivity index is 2.07. The van der Waals surface area contributed by atoms with Gasteiger partial charge in [0, 0.05) is 10.6 Å². The van der Waals surface area contributed by atoms with Gasteiger partial charge in [-0.25, -0.2) is 0 Å². The molecule has 0 unspecified atom stereocenters. The number of carbonyl (C=O) groups excluding carboxylic acids is 1. The van der Waals surface area contributed by atoms with Crippen LogP contribution in [0.4, 0.5) is 0 Å². The van der Waals surface area contributed by atoms with E-state index in [9.17, 15) is 9.90 Å². The predicted octanol–water partition coefficient (Wildman–Crippen LogP) is 3.40. The number of methoxy groups -OCH3 is 1. The Morgan fingerprint density at radius 1 is 1.15 bits per heavy atom. The first-order chi connectivity index (χ1) is 9.69. The van der Waals surface area contributed by atoms with Gasteiger partial charge >= 0.3 is 5.97 Å². The number of benzene rings is 2.